The van der Waals surface area contributed by atoms with Crippen LogP contribution in [0.5, 0.6) is 0 Å². The Hall–Kier alpha value is -1.41. The monoisotopic (exact) mass is 240 g/mol. The van der Waals surface area contributed by atoms with Crippen LogP contribution in [-0.4, -0.2) is 18.1 Å². The summed E-state index contributed by atoms with van der Waals surface area (Å²) in [4.78, 5) is 4.42. The first kappa shape index (κ1) is 11.7. The van der Waals surface area contributed by atoms with E-state index in [4.69, 9.17) is 0 Å². The van der Waals surface area contributed by atoms with Crippen molar-refractivity contribution in [2.24, 2.45) is 5.92 Å². The molecule has 0 saturated heterocycles. The maximum atomic E-state index is 4.42. The molecule has 18 heavy (non-hydrogen) atoms. The van der Waals surface area contributed by atoms with Gasteiger partial charge in [-0.05, 0) is 42.7 Å². The number of nitrogens with one attached hydrogen (secondary N) is 1. The summed E-state index contributed by atoms with van der Waals surface area (Å²) in [5.41, 5.74) is 1.43. The Balaban J connectivity index is 2.05. The van der Waals surface area contributed by atoms with E-state index >= 15 is 0 Å². The van der Waals surface area contributed by atoms with E-state index in [-0.39, 0.29) is 0 Å². The van der Waals surface area contributed by atoms with Crippen LogP contribution in [0.25, 0.3) is 10.8 Å². The van der Waals surface area contributed by atoms with Crippen molar-refractivity contribution in [3.63, 3.8) is 0 Å². The van der Waals surface area contributed by atoms with E-state index < -0.39 is 0 Å². The highest BCUT2D eigenvalue weighted by Gasteiger charge is 2.33. The minimum atomic E-state index is 0.640. The van der Waals surface area contributed by atoms with E-state index in [0.717, 1.165) is 0 Å². The number of nitrogens with zero attached hydrogens (tertiary/aromatic N) is 1. The zero-order valence-corrected chi connectivity index (χ0v) is 11.1. The Kier molecular flexibility index (Phi) is 3.04. The van der Waals surface area contributed by atoms with Gasteiger partial charge in [0.2, 0.25) is 0 Å². The molecule has 2 heteroatoms. The number of benzene rings is 1. The van der Waals surface area contributed by atoms with E-state index in [2.05, 4.69) is 54.7 Å². The van der Waals surface area contributed by atoms with Gasteiger partial charge in [0.1, 0.15) is 0 Å². The molecule has 1 aliphatic carbocycles. The highest BCUT2D eigenvalue weighted by atomic mass is 14.9. The lowest BCUT2D eigenvalue weighted by molar-refractivity contribution is 0.429. The summed E-state index contributed by atoms with van der Waals surface area (Å²) in [7, 11) is 2.07. The van der Waals surface area contributed by atoms with E-state index in [1.54, 1.807) is 0 Å². The van der Waals surface area contributed by atoms with Crippen LogP contribution >= 0.6 is 0 Å². The lowest BCUT2D eigenvalue weighted by Crippen LogP contribution is -2.28. The summed E-state index contributed by atoms with van der Waals surface area (Å²) in [6.07, 6.45) is 6.57. The van der Waals surface area contributed by atoms with Crippen molar-refractivity contribution in [3.05, 3.63) is 42.2 Å². The topological polar surface area (TPSA) is 24.9 Å². The third-order valence-corrected chi connectivity index (χ3v) is 4.53. The molecule has 0 radical (unpaired) electrons. The maximum Gasteiger partial charge on any atom is 0.0346 e. The Labute approximate surface area is 108 Å². The van der Waals surface area contributed by atoms with Gasteiger partial charge in [-0.25, -0.2) is 0 Å². The van der Waals surface area contributed by atoms with Gasteiger partial charge in [-0.2, -0.15) is 0 Å². The average molecular weight is 240 g/mol. The average Bonchev–Trinajstić information content (AvgIpc) is 2.79. The second-order valence-corrected chi connectivity index (χ2v) is 5.39. The van der Waals surface area contributed by atoms with Crippen LogP contribution in [0.3, 0.4) is 0 Å². The highest BCUT2D eigenvalue weighted by molar-refractivity contribution is 5.85. The van der Waals surface area contributed by atoms with E-state index in [9.17, 15) is 0 Å². The van der Waals surface area contributed by atoms with Crippen LogP contribution in [0, 0.1) is 5.92 Å². The van der Waals surface area contributed by atoms with Crippen LogP contribution < -0.4 is 5.32 Å². The molecule has 2 nitrogen and oxygen atoms in total. The van der Waals surface area contributed by atoms with Crippen molar-refractivity contribution in [1.29, 1.82) is 0 Å². The van der Waals surface area contributed by atoms with Gasteiger partial charge in [0.05, 0.1) is 0 Å². The van der Waals surface area contributed by atoms with Crippen LogP contribution in [-0.2, 0) is 0 Å². The molecule has 0 amide bonds. The van der Waals surface area contributed by atoms with Gasteiger partial charge in [-0.1, -0.05) is 31.2 Å². The van der Waals surface area contributed by atoms with Crippen LogP contribution in [0.2, 0.25) is 0 Å². The molecule has 1 aliphatic rings. The predicted molar refractivity (Wildman–Crippen MR) is 75.7 cm³/mol. The molecule has 1 fully saturated rings. The Morgan fingerprint density at radius 3 is 2.78 bits per heavy atom. The van der Waals surface area contributed by atoms with Crippen LogP contribution in [0.15, 0.2) is 36.7 Å². The number of hydrogen-bond acceptors (Lipinski definition) is 2. The Morgan fingerprint density at radius 2 is 2.00 bits per heavy atom. The normalized spacial score (nSPS) is 27.8. The molecule has 0 aliphatic heterocycles. The summed E-state index contributed by atoms with van der Waals surface area (Å²) in [6.45, 7) is 2.36. The van der Waals surface area contributed by atoms with Crippen molar-refractivity contribution >= 4 is 10.8 Å². The summed E-state index contributed by atoms with van der Waals surface area (Å²) < 4.78 is 0. The van der Waals surface area contributed by atoms with Gasteiger partial charge in [0, 0.05) is 23.8 Å². The first-order valence-corrected chi connectivity index (χ1v) is 6.81. The molecule has 0 bridgehead atoms. The van der Waals surface area contributed by atoms with Gasteiger partial charge in [-0.3, -0.25) is 4.98 Å². The van der Waals surface area contributed by atoms with E-state index in [1.807, 2.05) is 6.20 Å². The molecule has 1 heterocycles. The van der Waals surface area contributed by atoms with Crippen molar-refractivity contribution in [2.45, 2.75) is 31.7 Å². The zero-order chi connectivity index (χ0) is 12.5. The maximum absolute atomic E-state index is 4.42. The van der Waals surface area contributed by atoms with Crippen molar-refractivity contribution < 1.29 is 0 Å². The molecule has 2 aromatic rings. The van der Waals surface area contributed by atoms with Gasteiger partial charge in [-0.15, -0.1) is 0 Å². The molecule has 0 spiro atoms. The van der Waals surface area contributed by atoms with Gasteiger partial charge < -0.3 is 5.32 Å². The van der Waals surface area contributed by atoms with Gasteiger partial charge >= 0.3 is 0 Å². The minimum Gasteiger partial charge on any atom is -0.317 e. The smallest absolute Gasteiger partial charge is 0.0346 e. The van der Waals surface area contributed by atoms with Gasteiger partial charge in [0.25, 0.3) is 0 Å². The minimum absolute atomic E-state index is 0.640. The molecule has 1 saturated carbocycles. The Bertz CT molecular complexity index is 544. The molecule has 94 valence electrons. The SMILES string of the molecule is CNC1CCC(c2cncc3ccccc23)C1C. The van der Waals surface area contributed by atoms with Crippen molar-refractivity contribution in [3.8, 4) is 0 Å². The summed E-state index contributed by atoms with van der Waals surface area (Å²) in [6, 6.07) is 9.24. The largest absolute Gasteiger partial charge is 0.317 e. The molecule has 3 unspecified atom stereocenters. The van der Waals surface area contributed by atoms with Crippen molar-refractivity contribution in [1.82, 2.24) is 10.3 Å². The molecular formula is C16H20N2. The summed E-state index contributed by atoms with van der Waals surface area (Å²) in [5, 5.41) is 6.08. The van der Waals surface area contributed by atoms with Gasteiger partial charge in [0.15, 0.2) is 0 Å². The number of aromatic nitrogens is 1. The standard InChI is InChI=1S/C16H20N2/c1-11-13(7-8-16(11)17-2)15-10-18-9-12-5-3-4-6-14(12)15/h3-6,9-11,13,16-17H,7-8H2,1-2H3. The van der Waals surface area contributed by atoms with Crippen LogP contribution in [0.4, 0.5) is 0 Å². The number of rotatable bonds is 2. The lowest BCUT2D eigenvalue weighted by Gasteiger charge is -2.21. The zero-order valence-electron chi connectivity index (χ0n) is 11.1. The molecular weight excluding hydrogens is 220 g/mol. The second kappa shape index (κ2) is 4.69. The molecule has 1 aromatic heterocycles. The fourth-order valence-corrected chi connectivity index (χ4v) is 3.45. The van der Waals surface area contributed by atoms with E-state index in [0.29, 0.717) is 17.9 Å². The lowest BCUT2D eigenvalue weighted by atomic mass is 9.87. The third-order valence-electron chi connectivity index (χ3n) is 4.53. The molecule has 1 N–H and O–H groups in total. The third kappa shape index (κ3) is 1.81. The van der Waals surface area contributed by atoms with E-state index in [1.165, 1.54) is 29.2 Å². The first-order valence-electron chi connectivity index (χ1n) is 6.81. The van der Waals surface area contributed by atoms with Crippen molar-refractivity contribution in [2.75, 3.05) is 7.05 Å². The number of fused-ring (bicyclic) bond motifs is 1. The second-order valence-electron chi connectivity index (χ2n) is 5.39. The summed E-state index contributed by atoms with van der Waals surface area (Å²) in [5.74, 6) is 1.32. The predicted octanol–water partition coefficient (Wildman–Crippen LogP) is 3.34. The first-order chi connectivity index (χ1) is 8.81. The highest BCUT2D eigenvalue weighted by Crippen LogP contribution is 2.41. The molecule has 3 atom stereocenters. The summed E-state index contributed by atoms with van der Waals surface area (Å²) >= 11 is 0. The fourth-order valence-electron chi connectivity index (χ4n) is 3.45. The quantitative estimate of drug-likeness (QED) is 0.871. The van der Waals surface area contributed by atoms with Crippen LogP contribution in [0.1, 0.15) is 31.2 Å². The number of hydrogen-bond donors (Lipinski definition) is 1. The molecule has 1 aromatic carbocycles. The Morgan fingerprint density at radius 1 is 1.17 bits per heavy atom. The molecule has 3 rings (SSSR count). The fraction of sp³-hybridized carbons (Fsp3) is 0.438. The number of pyridine rings is 1.